The highest BCUT2D eigenvalue weighted by Crippen LogP contribution is 2.39. The fourth-order valence-electron chi connectivity index (χ4n) is 2.76. The van der Waals surface area contributed by atoms with Gasteiger partial charge in [-0.25, -0.2) is 4.99 Å². The van der Waals surface area contributed by atoms with Gasteiger partial charge in [-0.05, 0) is 68.3 Å². The number of hydrogen-bond donors (Lipinski definition) is 0. The summed E-state index contributed by atoms with van der Waals surface area (Å²) in [7, 11) is 3.60. The van der Waals surface area contributed by atoms with Crippen molar-refractivity contribution in [2.75, 3.05) is 20.7 Å². The number of aryl methyl sites for hydroxylation is 2. The fraction of sp³-hybridized carbons (Fsp3) is 0.261. The summed E-state index contributed by atoms with van der Waals surface area (Å²) in [5.74, 6) is 1.44. The van der Waals surface area contributed by atoms with Crippen molar-refractivity contribution >= 4 is 23.6 Å². The summed E-state index contributed by atoms with van der Waals surface area (Å²) in [5, 5.41) is 10.2. The first-order chi connectivity index (χ1) is 14.5. The van der Waals surface area contributed by atoms with Crippen LogP contribution in [-0.2, 0) is 0 Å². The molecule has 0 atom stereocenters. The lowest BCUT2D eigenvalue weighted by Crippen LogP contribution is -2.14. The van der Waals surface area contributed by atoms with E-state index < -0.39 is 0 Å². The number of aromatic nitrogens is 1. The van der Waals surface area contributed by atoms with E-state index in [1.165, 1.54) is 11.5 Å². The Labute approximate surface area is 181 Å². The Bertz CT molecular complexity index is 1100. The van der Waals surface area contributed by atoms with Crippen LogP contribution in [0.25, 0.3) is 11.3 Å². The molecular weight excluding hydrogens is 396 g/mol. The molecule has 0 N–H and O–H groups in total. The number of hydrogen-bond acceptors (Lipinski definition) is 6. The molecule has 0 unspecified atom stereocenters. The monoisotopic (exact) mass is 420 g/mol. The standard InChI is InChI=1S/C23H24N4O2S/c1-6-27(4)14-25-20-11-16(3)21(12-15(20)2)29-23-19(13-24)22(26-30-23)17-7-9-18(28-5)10-8-17/h7-12,14H,6H2,1-5H3. The maximum absolute atomic E-state index is 9.73. The van der Waals surface area contributed by atoms with Crippen LogP contribution < -0.4 is 9.47 Å². The first-order valence-corrected chi connectivity index (χ1v) is 10.3. The lowest BCUT2D eigenvalue weighted by molar-refractivity contribution is 0.415. The summed E-state index contributed by atoms with van der Waals surface area (Å²) in [6, 6.07) is 13.6. The van der Waals surface area contributed by atoms with Crippen LogP contribution in [-0.4, -0.2) is 36.3 Å². The number of methoxy groups -OCH3 is 1. The Hall–Kier alpha value is -3.37. The van der Waals surface area contributed by atoms with E-state index in [9.17, 15) is 5.26 Å². The number of aliphatic imine (C=N–C) groups is 1. The Kier molecular flexibility index (Phi) is 6.70. The van der Waals surface area contributed by atoms with Crippen molar-refractivity contribution in [1.29, 1.82) is 5.26 Å². The molecule has 3 rings (SSSR count). The van der Waals surface area contributed by atoms with Crippen molar-refractivity contribution in [2.45, 2.75) is 20.8 Å². The van der Waals surface area contributed by atoms with Crippen LogP contribution in [0.2, 0.25) is 0 Å². The smallest absolute Gasteiger partial charge is 0.218 e. The first kappa shape index (κ1) is 21.3. The zero-order valence-electron chi connectivity index (χ0n) is 17.8. The van der Waals surface area contributed by atoms with E-state index in [1.54, 1.807) is 7.11 Å². The number of rotatable bonds is 7. The lowest BCUT2D eigenvalue weighted by Gasteiger charge is -2.12. The second-order valence-corrected chi connectivity index (χ2v) is 7.59. The minimum absolute atomic E-state index is 0.425. The molecule has 1 heterocycles. The average molecular weight is 421 g/mol. The molecule has 0 amide bonds. The molecule has 0 spiro atoms. The molecule has 0 bridgehead atoms. The number of nitrogens with zero attached hydrogens (tertiary/aromatic N) is 4. The Balaban J connectivity index is 1.89. The minimum Gasteiger partial charge on any atom is -0.497 e. The quantitative estimate of drug-likeness (QED) is 0.362. The molecule has 0 aliphatic carbocycles. The molecule has 0 saturated heterocycles. The Morgan fingerprint density at radius 1 is 1.20 bits per heavy atom. The summed E-state index contributed by atoms with van der Waals surface area (Å²) < 4.78 is 15.8. The molecule has 3 aromatic rings. The Morgan fingerprint density at radius 2 is 1.93 bits per heavy atom. The van der Waals surface area contributed by atoms with Gasteiger partial charge in [0.2, 0.25) is 5.06 Å². The van der Waals surface area contributed by atoms with Crippen LogP contribution in [0.4, 0.5) is 5.69 Å². The van der Waals surface area contributed by atoms with Crippen LogP contribution in [0.3, 0.4) is 0 Å². The van der Waals surface area contributed by atoms with Crippen molar-refractivity contribution in [3.63, 3.8) is 0 Å². The molecule has 1 aromatic heterocycles. The summed E-state index contributed by atoms with van der Waals surface area (Å²) in [4.78, 5) is 6.56. The van der Waals surface area contributed by atoms with Gasteiger partial charge in [0.1, 0.15) is 28.8 Å². The second-order valence-electron chi connectivity index (χ2n) is 6.86. The van der Waals surface area contributed by atoms with E-state index in [0.717, 1.165) is 34.7 Å². The molecular formula is C23H24N4O2S. The van der Waals surface area contributed by atoms with E-state index in [-0.39, 0.29) is 0 Å². The third-order valence-corrected chi connectivity index (χ3v) is 5.45. The van der Waals surface area contributed by atoms with Gasteiger partial charge in [0.15, 0.2) is 0 Å². The normalized spacial score (nSPS) is 10.8. The van der Waals surface area contributed by atoms with Gasteiger partial charge >= 0.3 is 0 Å². The van der Waals surface area contributed by atoms with Gasteiger partial charge < -0.3 is 14.4 Å². The molecule has 7 heteroatoms. The van der Waals surface area contributed by atoms with Crippen LogP contribution >= 0.6 is 11.5 Å². The van der Waals surface area contributed by atoms with Gasteiger partial charge in [0, 0.05) is 30.7 Å². The average Bonchev–Trinajstić information content (AvgIpc) is 3.17. The summed E-state index contributed by atoms with van der Waals surface area (Å²) in [6.45, 7) is 6.92. The summed E-state index contributed by atoms with van der Waals surface area (Å²) >= 11 is 1.17. The van der Waals surface area contributed by atoms with Gasteiger partial charge in [-0.1, -0.05) is 0 Å². The zero-order chi connectivity index (χ0) is 21.7. The van der Waals surface area contributed by atoms with Crippen molar-refractivity contribution in [3.8, 4) is 33.9 Å². The van der Waals surface area contributed by atoms with Crippen molar-refractivity contribution in [2.24, 2.45) is 4.99 Å². The topological polar surface area (TPSA) is 70.7 Å². The molecule has 154 valence electrons. The molecule has 0 saturated carbocycles. The van der Waals surface area contributed by atoms with Crippen LogP contribution in [0.1, 0.15) is 23.6 Å². The third-order valence-electron chi connectivity index (χ3n) is 4.72. The largest absolute Gasteiger partial charge is 0.497 e. The lowest BCUT2D eigenvalue weighted by atomic mass is 10.1. The van der Waals surface area contributed by atoms with Crippen LogP contribution in [0.15, 0.2) is 41.4 Å². The SMILES string of the molecule is CCN(C)C=Nc1cc(C)c(Oc2snc(-c3ccc(OC)cc3)c2C#N)cc1C. The molecule has 0 radical (unpaired) electrons. The number of ether oxygens (including phenoxy) is 2. The van der Waals surface area contributed by atoms with E-state index in [0.29, 0.717) is 22.1 Å². The van der Waals surface area contributed by atoms with E-state index in [1.807, 2.05) is 68.5 Å². The molecule has 0 aliphatic heterocycles. The van der Waals surface area contributed by atoms with Gasteiger partial charge in [0.25, 0.3) is 0 Å². The zero-order valence-corrected chi connectivity index (χ0v) is 18.6. The summed E-state index contributed by atoms with van der Waals surface area (Å²) in [6.07, 6.45) is 1.82. The van der Waals surface area contributed by atoms with Crippen LogP contribution in [0.5, 0.6) is 16.6 Å². The minimum atomic E-state index is 0.425. The molecule has 0 fully saturated rings. The maximum Gasteiger partial charge on any atom is 0.218 e. The highest BCUT2D eigenvalue weighted by molar-refractivity contribution is 7.08. The predicted molar refractivity (Wildman–Crippen MR) is 121 cm³/mol. The maximum atomic E-state index is 9.73. The van der Waals surface area contributed by atoms with Crippen molar-refractivity contribution in [1.82, 2.24) is 9.27 Å². The molecule has 30 heavy (non-hydrogen) atoms. The summed E-state index contributed by atoms with van der Waals surface area (Å²) in [5.41, 5.74) is 4.71. The van der Waals surface area contributed by atoms with Gasteiger partial charge in [-0.2, -0.15) is 9.64 Å². The van der Waals surface area contributed by atoms with Gasteiger partial charge in [-0.15, -0.1) is 0 Å². The third kappa shape index (κ3) is 4.61. The predicted octanol–water partition coefficient (Wildman–Crippen LogP) is 5.71. The highest BCUT2D eigenvalue weighted by atomic mass is 32.1. The molecule has 6 nitrogen and oxygen atoms in total. The van der Waals surface area contributed by atoms with Gasteiger partial charge in [0.05, 0.1) is 19.1 Å². The van der Waals surface area contributed by atoms with Crippen LogP contribution in [0, 0.1) is 25.2 Å². The Morgan fingerprint density at radius 3 is 2.57 bits per heavy atom. The number of benzene rings is 2. The first-order valence-electron chi connectivity index (χ1n) is 9.54. The van der Waals surface area contributed by atoms with E-state index in [2.05, 4.69) is 22.4 Å². The second kappa shape index (κ2) is 9.42. The van der Waals surface area contributed by atoms with E-state index in [4.69, 9.17) is 9.47 Å². The molecule has 0 aliphatic rings. The van der Waals surface area contributed by atoms with E-state index >= 15 is 0 Å². The van der Waals surface area contributed by atoms with Crippen molar-refractivity contribution < 1.29 is 9.47 Å². The highest BCUT2D eigenvalue weighted by Gasteiger charge is 2.18. The fourth-order valence-corrected chi connectivity index (χ4v) is 3.49. The molecule has 2 aromatic carbocycles. The van der Waals surface area contributed by atoms with Gasteiger partial charge in [-0.3, -0.25) is 0 Å². The van der Waals surface area contributed by atoms with Crippen molar-refractivity contribution in [3.05, 3.63) is 53.1 Å². The number of nitriles is 1.